The lowest BCUT2D eigenvalue weighted by Gasteiger charge is -2.39. The number of aromatic hydroxyl groups is 2. The summed E-state index contributed by atoms with van der Waals surface area (Å²) in [6.45, 7) is 0.130. The van der Waals surface area contributed by atoms with E-state index >= 15 is 0 Å². The van der Waals surface area contributed by atoms with E-state index in [2.05, 4.69) is 15.9 Å². The molecule has 6 heteroatoms. The van der Waals surface area contributed by atoms with Gasteiger partial charge in [-0.05, 0) is 29.3 Å². The van der Waals surface area contributed by atoms with Crippen LogP contribution in [0.1, 0.15) is 23.5 Å². The molecular formula is C16H15BrO5. The largest absolute Gasteiger partial charge is 0.504 e. The molecule has 0 bridgehead atoms. The summed E-state index contributed by atoms with van der Waals surface area (Å²) in [5.74, 6) is -0.0500. The van der Waals surface area contributed by atoms with Gasteiger partial charge < -0.3 is 25.2 Å². The normalized spacial score (nSPS) is 32.8. The molecule has 0 amide bonds. The highest BCUT2D eigenvalue weighted by Crippen LogP contribution is 2.53. The first kappa shape index (κ1) is 14.1. The second-order valence-corrected chi connectivity index (χ2v) is 7.09. The number of phenols is 2. The summed E-state index contributed by atoms with van der Waals surface area (Å²) in [6, 6.07) is 3.01. The smallest absolute Gasteiger partial charge is 0.157 e. The molecule has 0 saturated carbocycles. The molecule has 1 aromatic rings. The van der Waals surface area contributed by atoms with Gasteiger partial charge in [-0.25, -0.2) is 0 Å². The van der Waals surface area contributed by atoms with Crippen LogP contribution in [0.25, 0.3) is 0 Å². The van der Waals surface area contributed by atoms with Crippen molar-refractivity contribution in [2.24, 2.45) is 0 Å². The summed E-state index contributed by atoms with van der Waals surface area (Å²) in [7, 11) is 0. The molecular weight excluding hydrogens is 352 g/mol. The van der Waals surface area contributed by atoms with E-state index in [1.165, 1.54) is 12.1 Å². The Kier molecular flexibility index (Phi) is 2.89. The van der Waals surface area contributed by atoms with Crippen LogP contribution in [0.4, 0.5) is 0 Å². The van der Waals surface area contributed by atoms with E-state index in [0.717, 1.165) is 16.7 Å². The van der Waals surface area contributed by atoms with Gasteiger partial charge in [0, 0.05) is 28.8 Å². The van der Waals surface area contributed by atoms with Gasteiger partial charge in [-0.2, -0.15) is 0 Å². The van der Waals surface area contributed by atoms with Crippen molar-refractivity contribution in [3.05, 3.63) is 45.2 Å². The highest BCUT2D eigenvalue weighted by Gasteiger charge is 2.51. The molecule has 0 fully saturated rings. The monoisotopic (exact) mass is 366 g/mol. The summed E-state index contributed by atoms with van der Waals surface area (Å²) in [5.41, 5.74) is 1.31. The minimum Gasteiger partial charge on any atom is -0.504 e. The van der Waals surface area contributed by atoms with E-state index in [-0.39, 0.29) is 24.0 Å². The highest BCUT2D eigenvalue weighted by molar-refractivity contribution is 9.11. The number of benzene rings is 1. The first-order valence-electron chi connectivity index (χ1n) is 7.07. The fourth-order valence-corrected chi connectivity index (χ4v) is 4.09. The van der Waals surface area contributed by atoms with Gasteiger partial charge in [0.15, 0.2) is 11.5 Å². The van der Waals surface area contributed by atoms with E-state index in [0.29, 0.717) is 23.1 Å². The first-order chi connectivity index (χ1) is 10.4. The van der Waals surface area contributed by atoms with E-state index in [4.69, 9.17) is 4.74 Å². The number of hydrogen-bond donors (Lipinski definition) is 4. The SMILES string of the molecule is Oc1cc2c(cc1O)C1C3=C(CC(O)C(Br)=C3)OCC1(O)C2. The quantitative estimate of drug-likeness (QED) is 0.525. The Morgan fingerprint density at radius 1 is 1.23 bits per heavy atom. The standard InChI is InChI=1S/C16H15BrO5/c17-10-2-9-14(4-11(10)18)22-6-16(21)5-7-1-12(19)13(20)3-8(7)15(9)16/h1-3,11,15,18-21H,4-6H2. The molecule has 0 aromatic heterocycles. The van der Waals surface area contributed by atoms with Crippen LogP contribution < -0.4 is 0 Å². The Bertz CT molecular complexity index is 738. The van der Waals surface area contributed by atoms with Crippen molar-refractivity contribution in [3.8, 4) is 11.5 Å². The van der Waals surface area contributed by atoms with Crippen LogP contribution in [0.5, 0.6) is 11.5 Å². The molecule has 2 aliphatic carbocycles. The predicted molar refractivity (Wildman–Crippen MR) is 81.8 cm³/mol. The molecule has 3 unspecified atom stereocenters. The minimum atomic E-state index is -1.10. The fourth-order valence-electron chi connectivity index (χ4n) is 3.69. The first-order valence-corrected chi connectivity index (χ1v) is 7.86. The summed E-state index contributed by atoms with van der Waals surface area (Å²) in [5, 5.41) is 40.4. The van der Waals surface area contributed by atoms with Gasteiger partial charge in [-0.1, -0.05) is 15.9 Å². The maximum atomic E-state index is 11.0. The van der Waals surface area contributed by atoms with Gasteiger partial charge in [0.2, 0.25) is 0 Å². The molecule has 116 valence electrons. The molecule has 4 N–H and O–H groups in total. The van der Waals surface area contributed by atoms with Crippen LogP contribution in [0.3, 0.4) is 0 Å². The lowest BCUT2D eigenvalue weighted by molar-refractivity contribution is -0.0507. The minimum absolute atomic E-state index is 0.130. The number of halogens is 1. The zero-order valence-corrected chi connectivity index (χ0v) is 13.2. The van der Waals surface area contributed by atoms with E-state index in [1.54, 1.807) is 6.08 Å². The zero-order valence-electron chi connectivity index (χ0n) is 11.6. The average Bonchev–Trinajstić information content (AvgIpc) is 2.73. The van der Waals surface area contributed by atoms with Crippen LogP contribution in [0.2, 0.25) is 0 Å². The number of ether oxygens (including phenoxy) is 1. The van der Waals surface area contributed by atoms with Crippen LogP contribution in [-0.4, -0.2) is 38.7 Å². The van der Waals surface area contributed by atoms with Crippen LogP contribution in [0.15, 0.2) is 34.0 Å². The number of fused-ring (bicyclic) bond motifs is 4. The number of rotatable bonds is 0. The van der Waals surface area contributed by atoms with Crippen LogP contribution in [-0.2, 0) is 11.2 Å². The Balaban J connectivity index is 1.89. The topological polar surface area (TPSA) is 90.2 Å². The fraction of sp³-hybridized carbons (Fsp3) is 0.375. The van der Waals surface area contributed by atoms with Gasteiger partial charge >= 0.3 is 0 Å². The Hall–Kier alpha value is -1.50. The zero-order chi connectivity index (χ0) is 15.6. The summed E-state index contributed by atoms with van der Waals surface area (Å²) in [6.07, 6.45) is 1.86. The lowest BCUT2D eigenvalue weighted by atomic mass is 9.78. The maximum Gasteiger partial charge on any atom is 0.157 e. The number of allylic oxidation sites excluding steroid dienone is 1. The van der Waals surface area contributed by atoms with Gasteiger partial charge in [0.25, 0.3) is 0 Å². The molecule has 1 aliphatic heterocycles. The second kappa shape index (κ2) is 4.50. The Labute approximate surface area is 135 Å². The van der Waals surface area contributed by atoms with Crippen LogP contribution in [0, 0.1) is 0 Å². The van der Waals surface area contributed by atoms with Gasteiger partial charge in [0.05, 0.1) is 6.10 Å². The number of hydrogen-bond acceptors (Lipinski definition) is 5. The van der Waals surface area contributed by atoms with Crippen molar-refractivity contribution in [1.82, 2.24) is 0 Å². The molecule has 1 aromatic carbocycles. The molecule has 0 saturated heterocycles. The van der Waals surface area contributed by atoms with E-state index < -0.39 is 11.7 Å². The van der Waals surface area contributed by atoms with Crippen LogP contribution >= 0.6 is 15.9 Å². The molecule has 5 nitrogen and oxygen atoms in total. The number of aliphatic hydroxyl groups excluding tert-OH is 1. The molecule has 3 atom stereocenters. The third kappa shape index (κ3) is 1.84. The second-order valence-electron chi connectivity index (χ2n) is 6.17. The third-order valence-corrected chi connectivity index (χ3v) is 5.46. The summed E-state index contributed by atoms with van der Waals surface area (Å²) >= 11 is 3.35. The summed E-state index contributed by atoms with van der Waals surface area (Å²) in [4.78, 5) is 0. The molecule has 4 rings (SSSR count). The van der Waals surface area contributed by atoms with Gasteiger partial charge in [-0.15, -0.1) is 0 Å². The van der Waals surface area contributed by atoms with Gasteiger partial charge in [0.1, 0.15) is 18.0 Å². The molecule has 0 radical (unpaired) electrons. The van der Waals surface area contributed by atoms with E-state index in [9.17, 15) is 20.4 Å². The van der Waals surface area contributed by atoms with Crippen molar-refractivity contribution < 1.29 is 25.2 Å². The predicted octanol–water partition coefficient (Wildman–Crippen LogP) is 1.80. The highest BCUT2D eigenvalue weighted by atomic mass is 79.9. The lowest BCUT2D eigenvalue weighted by Crippen LogP contribution is -2.44. The van der Waals surface area contributed by atoms with Crippen molar-refractivity contribution in [1.29, 1.82) is 0 Å². The van der Waals surface area contributed by atoms with E-state index in [1.807, 2.05) is 0 Å². The van der Waals surface area contributed by atoms with Gasteiger partial charge in [-0.3, -0.25) is 0 Å². The Morgan fingerprint density at radius 2 is 1.95 bits per heavy atom. The number of aliphatic hydroxyl groups is 2. The molecule has 0 spiro atoms. The van der Waals surface area contributed by atoms with Crippen molar-refractivity contribution in [3.63, 3.8) is 0 Å². The average molecular weight is 367 g/mol. The molecule has 3 aliphatic rings. The van der Waals surface area contributed by atoms with Crippen molar-refractivity contribution >= 4 is 15.9 Å². The van der Waals surface area contributed by atoms with Crippen molar-refractivity contribution in [2.75, 3.05) is 6.61 Å². The molecule has 22 heavy (non-hydrogen) atoms. The number of phenolic OH excluding ortho intramolecular Hbond substituents is 2. The van der Waals surface area contributed by atoms with Crippen molar-refractivity contribution in [2.45, 2.75) is 30.5 Å². The third-order valence-electron chi connectivity index (χ3n) is 4.70. The molecule has 1 heterocycles. The summed E-state index contributed by atoms with van der Waals surface area (Å²) < 4.78 is 6.34. The Morgan fingerprint density at radius 3 is 2.73 bits per heavy atom. The maximum absolute atomic E-state index is 11.0.